The zero-order valence-electron chi connectivity index (χ0n) is 16.3. The van der Waals surface area contributed by atoms with E-state index in [-0.39, 0.29) is 35.4 Å². The van der Waals surface area contributed by atoms with E-state index in [9.17, 15) is 18.4 Å². The molecule has 11 heteroatoms. The first-order valence-corrected chi connectivity index (χ1v) is 11.4. The number of hydrogen-bond donors (Lipinski definition) is 1. The molecule has 1 aromatic heterocycles. The number of thiocarbonyl (C=S) groups is 1. The standard InChI is InChI=1S/C21H15F2N3O3S3/c22-19(23)29-14-7-3-1-5-12(14)11-16-18(28)26(21(30)32-16)10-9-17(27)25-20-24-13-6-2-4-8-15(13)31-20/h1-8,11,19H,9-10H2,(H,24,25,27)/b16-11-. The Hall–Kier alpha value is -2.89. The van der Waals surface area contributed by atoms with Crippen molar-refractivity contribution in [2.45, 2.75) is 13.0 Å². The molecule has 0 radical (unpaired) electrons. The first-order valence-electron chi connectivity index (χ1n) is 9.35. The van der Waals surface area contributed by atoms with Crippen LogP contribution in [-0.2, 0) is 9.59 Å². The summed E-state index contributed by atoms with van der Waals surface area (Å²) in [5, 5.41) is 3.22. The van der Waals surface area contributed by atoms with Gasteiger partial charge in [-0.2, -0.15) is 8.78 Å². The summed E-state index contributed by atoms with van der Waals surface area (Å²) in [6.45, 7) is -2.89. The van der Waals surface area contributed by atoms with Crippen LogP contribution in [0.25, 0.3) is 16.3 Å². The zero-order chi connectivity index (χ0) is 22.7. The van der Waals surface area contributed by atoms with Gasteiger partial charge in [-0.25, -0.2) is 4.98 Å². The molecule has 2 amide bonds. The van der Waals surface area contributed by atoms with Crippen molar-refractivity contribution in [1.29, 1.82) is 0 Å². The van der Waals surface area contributed by atoms with Crippen LogP contribution in [-0.4, -0.2) is 39.2 Å². The predicted molar refractivity (Wildman–Crippen MR) is 126 cm³/mol. The molecular weight excluding hydrogens is 476 g/mol. The zero-order valence-corrected chi connectivity index (χ0v) is 18.7. The van der Waals surface area contributed by atoms with E-state index in [2.05, 4.69) is 15.0 Å². The van der Waals surface area contributed by atoms with Gasteiger partial charge in [0, 0.05) is 18.5 Å². The summed E-state index contributed by atoms with van der Waals surface area (Å²) in [7, 11) is 0. The lowest BCUT2D eigenvalue weighted by Gasteiger charge is -2.13. The number of ether oxygens (including phenoxy) is 1. The number of benzene rings is 2. The van der Waals surface area contributed by atoms with Gasteiger partial charge in [-0.1, -0.05) is 65.6 Å². The van der Waals surface area contributed by atoms with Crippen molar-refractivity contribution in [1.82, 2.24) is 9.88 Å². The van der Waals surface area contributed by atoms with Crippen molar-refractivity contribution in [3.8, 4) is 5.75 Å². The Bertz CT molecular complexity index is 1200. The number of nitrogens with zero attached hydrogens (tertiary/aromatic N) is 2. The summed E-state index contributed by atoms with van der Waals surface area (Å²) < 4.78 is 31.0. The summed E-state index contributed by atoms with van der Waals surface area (Å²) in [5.74, 6) is -0.722. The van der Waals surface area contributed by atoms with Crippen LogP contribution in [0.15, 0.2) is 53.4 Å². The smallest absolute Gasteiger partial charge is 0.387 e. The van der Waals surface area contributed by atoms with Crippen molar-refractivity contribution < 1.29 is 23.1 Å². The van der Waals surface area contributed by atoms with Crippen molar-refractivity contribution in [2.24, 2.45) is 0 Å². The fraction of sp³-hybridized carbons (Fsp3) is 0.143. The second-order valence-corrected chi connectivity index (χ2v) is 9.24. The van der Waals surface area contributed by atoms with E-state index < -0.39 is 6.61 Å². The highest BCUT2D eigenvalue weighted by Gasteiger charge is 2.32. The minimum Gasteiger partial charge on any atom is -0.434 e. The Kier molecular flexibility index (Phi) is 6.77. The van der Waals surface area contributed by atoms with E-state index in [1.54, 1.807) is 18.2 Å². The number of rotatable bonds is 7. The molecule has 0 aliphatic carbocycles. The number of nitrogens with one attached hydrogen (secondary N) is 1. The minimum atomic E-state index is -2.98. The van der Waals surface area contributed by atoms with Crippen LogP contribution in [0.3, 0.4) is 0 Å². The molecule has 0 bridgehead atoms. The van der Waals surface area contributed by atoms with E-state index in [0.29, 0.717) is 15.0 Å². The lowest BCUT2D eigenvalue weighted by molar-refractivity contribution is -0.122. The van der Waals surface area contributed by atoms with E-state index in [4.69, 9.17) is 12.2 Å². The molecule has 32 heavy (non-hydrogen) atoms. The van der Waals surface area contributed by atoms with Gasteiger partial charge in [-0.05, 0) is 24.3 Å². The number of aromatic nitrogens is 1. The topological polar surface area (TPSA) is 71.5 Å². The molecule has 2 aromatic carbocycles. The molecular formula is C21H15F2N3O3S3. The molecule has 4 rings (SSSR count). The number of anilines is 1. The van der Waals surface area contributed by atoms with Crippen LogP contribution >= 0.6 is 35.3 Å². The van der Waals surface area contributed by atoms with Gasteiger partial charge in [0.05, 0.1) is 15.1 Å². The molecule has 0 saturated carbocycles. The number of fused-ring (bicyclic) bond motifs is 1. The van der Waals surface area contributed by atoms with Gasteiger partial charge < -0.3 is 10.1 Å². The first kappa shape index (κ1) is 22.3. The molecule has 164 valence electrons. The third kappa shape index (κ3) is 5.12. The highest BCUT2D eigenvalue weighted by atomic mass is 32.2. The Morgan fingerprint density at radius 1 is 1.22 bits per heavy atom. The van der Waals surface area contributed by atoms with Gasteiger partial charge in [0.15, 0.2) is 5.13 Å². The van der Waals surface area contributed by atoms with Crippen LogP contribution in [0.5, 0.6) is 5.75 Å². The fourth-order valence-corrected chi connectivity index (χ4v) is 5.14. The highest BCUT2D eigenvalue weighted by Crippen LogP contribution is 2.34. The Balaban J connectivity index is 1.40. The maximum Gasteiger partial charge on any atom is 0.387 e. The monoisotopic (exact) mass is 491 g/mol. The second kappa shape index (κ2) is 9.72. The van der Waals surface area contributed by atoms with Gasteiger partial charge in [0.2, 0.25) is 5.91 Å². The summed E-state index contributed by atoms with van der Waals surface area (Å²) in [6, 6.07) is 13.7. The average molecular weight is 492 g/mol. The van der Waals surface area contributed by atoms with Gasteiger partial charge in [0.1, 0.15) is 10.1 Å². The summed E-state index contributed by atoms with van der Waals surface area (Å²) in [4.78, 5) is 31.0. The third-order valence-electron chi connectivity index (χ3n) is 4.40. The van der Waals surface area contributed by atoms with Gasteiger partial charge in [-0.15, -0.1) is 0 Å². The molecule has 3 aromatic rings. The molecule has 0 unspecified atom stereocenters. The number of carbonyl (C=O) groups excluding carboxylic acids is 2. The maximum atomic E-state index is 12.8. The maximum absolute atomic E-state index is 12.8. The van der Waals surface area contributed by atoms with Gasteiger partial charge in [-0.3, -0.25) is 14.5 Å². The number of thiazole rings is 1. The molecule has 1 aliphatic rings. The summed E-state index contributed by atoms with van der Waals surface area (Å²) >= 11 is 7.68. The molecule has 2 heterocycles. The van der Waals surface area contributed by atoms with Gasteiger partial charge >= 0.3 is 6.61 Å². The number of thioether (sulfide) groups is 1. The van der Waals surface area contributed by atoms with Crippen molar-refractivity contribution >= 4 is 72.9 Å². The molecule has 0 atom stereocenters. The van der Waals surface area contributed by atoms with Crippen molar-refractivity contribution in [3.05, 3.63) is 59.0 Å². The number of alkyl halides is 2. The normalized spacial score (nSPS) is 15.2. The molecule has 1 fully saturated rings. The molecule has 1 aliphatic heterocycles. The molecule has 1 saturated heterocycles. The van der Waals surface area contributed by atoms with Crippen molar-refractivity contribution in [3.63, 3.8) is 0 Å². The van der Waals surface area contributed by atoms with E-state index in [1.807, 2.05) is 24.3 Å². The number of carbonyl (C=O) groups is 2. The second-order valence-electron chi connectivity index (χ2n) is 6.53. The lowest BCUT2D eigenvalue weighted by atomic mass is 10.2. The Labute approximate surface area is 195 Å². The van der Waals surface area contributed by atoms with Crippen molar-refractivity contribution in [2.75, 3.05) is 11.9 Å². The van der Waals surface area contributed by atoms with Crippen LogP contribution in [0, 0.1) is 0 Å². The van der Waals surface area contributed by atoms with Crippen LogP contribution < -0.4 is 10.1 Å². The fourth-order valence-electron chi connectivity index (χ4n) is 2.96. The Morgan fingerprint density at radius 3 is 2.75 bits per heavy atom. The van der Waals surface area contributed by atoms with Gasteiger partial charge in [0.25, 0.3) is 5.91 Å². The number of para-hydroxylation sites is 2. The quantitative estimate of drug-likeness (QED) is 0.365. The number of hydrogen-bond acceptors (Lipinski definition) is 7. The molecule has 6 nitrogen and oxygen atoms in total. The lowest BCUT2D eigenvalue weighted by Crippen LogP contribution is -2.31. The van der Waals surface area contributed by atoms with Crippen LogP contribution in [0.4, 0.5) is 13.9 Å². The third-order valence-corrected chi connectivity index (χ3v) is 6.73. The molecule has 1 N–H and O–H groups in total. The molecule has 0 spiro atoms. The predicted octanol–water partition coefficient (Wildman–Crippen LogP) is 5.13. The summed E-state index contributed by atoms with van der Waals surface area (Å²) in [5.41, 5.74) is 1.13. The van der Waals surface area contributed by atoms with Crippen LogP contribution in [0.2, 0.25) is 0 Å². The number of amides is 2. The SMILES string of the molecule is O=C(CCN1C(=O)/C(=C/c2ccccc2OC(F)F)SC1=S)Nc1nc2ccccc2s1. The minimum absolute atomic E-state index is 0.0285. The first-order chi connectivity index (χ1) is 15.4. The van der Waals surface area contributed by atoms with E-state index >= 15 is 0 Å². The van der Waals surface area contributed by atoms with Crippen LogP contribution in [0.1, 0.15) is 12.0 Å². The number of halogens is 2. The highest BCUT2D eigenvalue weighted by molar-refractivity contribution is 8.26. The van der Waals surface area contributed by atoms with E-state index in [1.165, 1.54) is 28.4 Å². The average Bonchev–Trinajstić information content (AvgIpc) is 3.27. The van der Waals surface area contributed by atoms with E-state index in [0.717, 1.165) is 22.0 Å². The summed E-state index contributed by atoms with van der Waals surface area (Å²) in [6.07, 6.45) is 1.49. The Morgan fingerprint density at radius 2 is 1.97 bits per heavy atom. The largest absolute Gasteiger partial charge is 0.434 e.